The van der Waals surface area contributed by atoms with Gasteiger partial charge < -0.3 is 15.7 Å². The lowest BCUT2D eigenvalue weighted by Gasteiger charge is -2.57. The molecule has 0 aliphatic heterocycles. The number of oxime groups is 1. The fourth-order valence-electron chi connectivity index (χ4n) is 7.52. The summed E-state index contributed by atoms with van der Waals surface area (Å²) in [6, 6.07) is 6.95. The van der Waals surface area contributed by atoms with Gasteiger partial charge in [-0.1, -0.05) is 30.7 Å². The molecule has 0 spiro atoms. The maximum absolute atomic E-state index is 12.6. The van der Waals surface area contributed by atoms with Crippen molar-refractivity contribution in [1.29, 1.82) is 0 Å². The SMILES string of the molecule is C[C@]12CC[C@H](OC(=O)c3ccc(N)cc3)CC1=CC[C@@H]1[C@@H]2CC[C@]2(C)C(=NO)CC[C@@H]12. The molecule has 0 bridgehead atoms. The maximum Gasteiger partial charge on any atom is 0.338 e. The van der Waals surface area contributed by atoms with Crippen molar-refractivity contribution in [3.63, 3.8) is 0 Å². The first-order chi connectivity index (χ1) is 14.8. The van der Waals surface area contributed by atoms with Crippen molar-refractivity contribution in [2.45, 2.75) is 71.3 Å². The van der Waals surface area contributed by atoms with Gasteiger partial charge in [0, 0.05) is 17.5 Å². The first-order valence-corrected chi connectivity index (χ1v) is 11.8. The molecule has 0 amide bonds. The first-order valence-electron chi connectivity index (χ1n) is 11.8. The van der Waals surface area contributed by atoms with E-state index in [9.17, 15) is 10.0 Å². The van der Waals surface area contributed by atoms with E-state index in [0.717, 1.165) is 50.7 Å². The number of ether oxygens (including phenoxy) is 1. The van der Waals surface area contributed by atoms with Crippen LogP contribution >= 0.6 is 0 Å². The summed E-state index contributed by atoms with van der Waals surface area (Å²) in [6.07, 6.45) is 10.8. The van der Waals surface area contributed by atoms with Gasteiger partial charge in [0.2, 0.25) is 0 Å². The summed E-state index contributed by atoms with van der Waals surface area (Å²) in [4.78, 5) is 12.6. The molecule has 0 unspecified atom stereocenters. The van der Waals surface area contributed by atoms with Gasteiger partial charge in [-0.25, -0.2) is 4.79 Å². The molecule has 166 valence electrons. The van der Waals surface area contributed by atoms with Crippen LogP contribution in [0.2, 0.25) is 0 Å². The topological polar surface area (TPSA) is 84.9 Å². The maximum atomic E-state index is 12.6. The van der Waals surface area contributed by atoms with Gasteiger partial charge >= 0.3 is 5.97 Å². The normalized spacial score (nSPS) is 40.5. The number of benzene rings is 1. The Labute approximate surface area is 184 Å². The zero-order chi connectivity index (χ0) is 21.8. The quantitative estimate of drug-likeness (QED) is 0.214. The van der Waals surface area contributed by atoms with Crippen LogP contribution in [-0.4, -0.2) is 23.0 Å². The van der Waals surface area contributed by atoms with Crippen molar-refractivity contribution in [2.75, 3.05) is 5.73 Å². The second kappa shape index (κ2) is 7.39. The summed E-state index contributed by atoms with van der Waals surface area (Å²) >= 11 is 0. The number of carbonyl (C=O) groups excluding carboxylic acids is 1. The fourth-order valence-corrected chi connectivity index (χ4v) is 7.52. The first kappa shape index (κ1) is 20.6. The van der Waals surface area contributed by atoms with Gasteiger partial charge in [0.15, 0.2) is 0 Å². The number of carbonyl (C=O) groups is 1. The Morgan fingerprint density at radius 2 is 1.81 bits per heavy atom. The molecular weight excluding hydrogens is 388 g/mol. The van der Waals surface area contributed by atoms with E-state index in [2.05, 4.69) is 25.1 Å². The summed E-state index contributed by atoms with van der Waals surface area (Å²) in [5.41, 5.74) is 9.73. The average Bonchev–Trinajstić information content (AvgIpc) is 3.10. The Bertz CT molecular complexity index is 936. The molecule has 0 heterocycles. The van der Waals surface area contributed by atoms with Crippen LogP contribution in [-0.2, 0) is 4.74 Å². The molecule has 4 aliphatic carbocycles. The lowest BCUT2D eigenvalue weighted by Crippen LogP contribution is -2.50. The Hall–Kier alpha value is -2.30. The van der Waals surface area contributed by atoms with E-state index in [1.54, 1.807) is 24.3 Å². The van der Waals surface area contributed by atoms with E-state index < -0.39 is 0 Å². The highest BCUT2D eigenvalue weighted by Gasteiger charge is 2.58. The van der Waals surface area contributed by atoms with E-state index in [1.807, 2.05) is 0 Å². The highest BCUT2D eigenvalue weighted by Crippen LogP contribution is 2.64. The Morgan fingerprint density at radius 3 is 2.55 bits per heavy atom. The van der Waals surface area contributed by atoms with Gasteiger partial charge in [0.25, 0.3) is 0 Å². The molecule has 3 saturated carbocycles. The van der Waals surface area contributed by atoms with Crippen molar-refractivity contribution in [3.05, 3.63) is 41.5 Å². The molecule has 3 N–H and O–H groups in total. The van der Waals surface area contributed by atoms with Crippen LogP contribution in [0.4, 0.5) is 5.69 Å². The molecule has 0 saturated heterocycles. The third-order valence-electron chi connectivity index (χ3n) is 9.34. The number of allylic oxidation sites excluding steroid dienone is 1. The van der Waals surface area contributed by atoms with Crippen LogP contribution in [0.3, 0.4) is 0 Å². The van der Waals surface area contributed by atoms with Crippen LogP contribution in [0.1, 0.15) is 75.6 Å². The molecule has 4 aliphatic rings. The molecule has 5 heteroatoms. The molecule has 0 aromatic heterocycles. The van der Waals surface area contributed by atoms with Crippen LogP contribution < -0.4 is 5.73 Å². The van der Waals surface area contributed by atoms with Gasteiger partial charge in [-0.2, -0.15) is 0 Å². The predicted octanol–water partition coefficient (Wildman–Crippen LogP) is 5.59. The Balaban J connectivity index is 1.32. The van der Waals surface area contributed by atoms with Crippen molar-refractivity contribution in [1.82, 2.24) is 0 Å². The van der Waals surface area contributed by atoms with Crippen LogP contribution in [0.15, 0.2) is 41.1 Å². The van der Waals surface area contributed by atoms with Crippen molar-refractivity contribution < 1.29 is 14.7 Å². The van der Waals surface area contributed by atoms with E-state index >= 15 is 0 Å². The van der Waals surface area contributed by atoms with Crippen molar-refractivity contribution in [2.24, 2.45) is 33.7 Å². The number of fused-ring (bicyclic) bond motifs is 5. The number of hydrogen-bond donors (Lipinski definition) is 2. The number of nitrogens with zero attached hydrogens (tertiary/aromatic N) is 1. The van der Waals surface area contributed by atoms with Gasteiger partial charge in [-0.05, 0) is 92.4 Å². The number of nitrogens with two attached hydrogens (primary N) is 1. The predicted molar refractivity (Wildman–Crippen MR) is 121 cm³/mol. The largest absolute Gasteiger partial charge is 0.458 e. The van der Waals surface area contributed by atoms with Crippen LogP contribution in [0, 0.1) is 28.6 Å². The third kappa shape index (κ3) is 3.19. The number of nitrogen functional groups attached to an aromatic ring is 1. The van der Waals surface area contributed by atoms with Gasteiger partial charge in [0.1, 0.15) is 6.10 Å². The number of hydrogen-bond acceptors (Lipinski definition) is 5. The lowest BCUT2D eigenvalue weighted by atomic mass is 9.48. The zero-order valence-electron chi connectivity index (χ0n) is 18.6. The van der Waals surface area contributed by atoms with E-state index in [0.29, 0.717) is 29.0 Å². The highest BCUT2D eigenvalue weighted by atomic mass is 16.5. The van der Waals surface area contributed by atoms with Gasteiger partial charge in [-0.15, -0.1) is 0 Å². The van der Waals surface area contributed by atoms with Crippen LogP contribution in [0.25, 0.3) is 0 Å². The lowest BCUT2D eigenvalue weighted by molar-refractivity contribution is -0.0287. The molecular formula is C26H34N2O3. The van der Waals surface area contributed by atoms with Crippen molar-refractivity contribution >= 4 is 17.4 Å². The van der Waals surface area contributed by atoms with Crippen molar-refractivity contribution in [3.8, 4) is 0 Å². The molecule has 1 aromatic carbocycles. The summed E-state index contributed by atoms with van der Waals surface area (Å²) in [5.74, 6) is 1.71. The summed E-state index contributed by atoms with van der Waals surface area (Å²) in [6.45, 7) is 4.78. The monoisotopic (exact) mass is 422 g/mol. The second-order valence-electron chi connectivity index (χ2n) is 10.7. The molecule has 31 heavy (non-hydrogen) atoms. The minimum atomic E-state index is -0.252. The fraction of sp³-hybridized carbons (Fsp3) is 0.615. The molecule has 5 rings (SSSR count). The molecule has 1 aromatic rings. The Morgan fingerprint density at radius 1 is 1.10 bits per heavy atom. The third-order valence-corrected chi connectivity index (χ3v) is 9.34. The number of rotatable bonds is 2. The number of esters is 1. The summed E-state index contributed by atoms with van der Waals surface area (Å²) in [7, 11) is 0. The zero-order valence-corrected chi connectivity index (χ0v) is 18.6. The van der Waals surface area contributed by atoms with Gasteiger partial charge in [0.05, 0.1) is 11.3 Å². The smallest absolute Gasteiger partial charge is 0.338 e. The molecule has 6 atom stereocenters. The number of anilines is 1. The summed E-state index contributed by atoms with van der Waals surface area (Å²) in [5, 5.41) is 13.2. The molecule has 3 fully saturated rings. The van der Waals surface area contributed by atoms with E-state index in [-0.39, 0.29) is 22.9 Å². The van der Waals surface area contributed by atoms with E-state index in [4.69, 9.17) is 10.5 Å². The summed E-state index contributed by atoms with van der Waals surface area (Å²) < 4.78 is 5.90. The van der Waals surface area contributed by atoms with Crippen LogP contribution in [0.5, 0.6) is 0 Å². The highest BCUT2D eigenvalue weighted by molar-refractivity contribution is 5.92. The van der Waals surface area contributed by atoms with E-state index in [1.165, 1.54) is 12.0 Å². The second-order valence-corrected chi connectivity index (χ2v) is 10.7. The Kier molecular flexibility index (Phi) is 4.91. The van der Waals surface area contributed by atoms with Gasteiger partial charge in [-0.3, -0.25) is 0 Å². The minimum Gasteiger partial charge on any atom is -0.458 e. The standard InChI is InChI=1S/C26H34N2O3/c1-25-13-11-19(31-24(29)16-3-6-18(27)7-4-16)15-17(25)5-8-20-21-9-10-23(28-30)26(21,2)14-12-22(20)25/h3-7,19-22,30H,8-15,27H2,1-2H3/t19-,20-,21-,22-,25-,26-/m0/s1. The molecule has 0 radical (unpaired) electrons. The minimum absolute atomic E-state index is 0.0469. The average molecular weight is 423 g/mol. The molecule has 5 nitrogen and oxygen atoms in total.